The average molecular weight is 235 g/mol. The molecule has 1 aliphatic rings. The maximum absolute atomic E-state index is 10.4. The maximum Gasteiger partial charge on any atom is 0.0670 e. The second-order valence-electron chi connectivity index (χ2n) is 4.72. The van der Waals surface area contributed by atoms with E-state index in [9.17, 15) is 5.11 Å². The summed E-state index contributed by atoms with van der Waals surface area (Å²) in [5, 5.41) is 10.4. The number of hydrogen-bond acceptors (Lipinski definition) is 3. The largest absolute Gasteiger partial charge is 0.392 e. The molecular weight excluding hydrogens is 214 g/mol. The minimum Gasteiger partial charge on any atom is -0.392 e. The molecule has 3 nitrogen and oxygen atoms in total. The third-order valence-electron chi connectivity index (χ3n) is 3.57. The fourth-order valence-corrected chi connectivity index (χ4v) is 2.54. The summed E-state index contributed by atoms with van der Waals surface area (Å²) < 4.78 is 5.43. The molecule has 2 rings (SSSR count). The van der Waals surface area contributed by atoms with Crippen molar-refractivity contribution in [1.82, 2.24) is 0 Å². The van der Waals surface area contributed by atoms with Gasteiger partial charge in [0.05, 0.1) is 12.7 Å². The van der Waals surface area contributed by atoms with Gasteiger partial charge in [-0.25, -0.2) is 0 Å². The Morgan fingerprint density at radius 2 is 2.12 bits per heavy atom. The standard InChI is InChI=1S/C14H21NO2/c15-9-13(11-5-2-1-3-6-11)14(16)12-7-4-8-17-10-12/h1-3,5-6,12-14,16H,4,7-10,15H2. The van der Waals surface area contributed by atoms with E-state index in [1.165, 1.54) is 0 Å². The number of aliphatic hydroxyl groups excluding tert-OH is 1. The lowest BCUT2D eigenvalue weighted by Gasteiger charge is -2.31. The van der Waals surface area contributed by atoms with Crippen LogP contribution in [0.1, 0.15) is 24.3 Å². The van der Waals surface area contributed by atoms with Gasteiger partial charge in [0.1, 0.15) is 0 Å². The summed E-state index contributed by atoms with van der Waals surface area (Å²) in [6.45, 7) is 1.95. The molecule has 1 saturated heterocycles. The van der Waals surface area contributed by atoms with Gasteiger partial charge in [0.25, 0.3) is 0 Å². The molecule has 3 heteroatoms. The molecule has 0 spiro atoms. The fourth-order valence-electron chi connectivity index (χ4n) is 2.54. The number of nitrogens with two attached hydrogens (primary N) is 1. The first-order valence-corrected chi connectivity index (χ1v) is 6.33. The predicted molar refractivity (Wildman–Crippen MR) is 67.8 cm³/mol. The van der Waals surface area contributed by atoms with E-state index >= 15 is 0 Å². The average Bonchev–Trinajstić information content (AvgIpc) is 2.42. The van der Waals surface area contributed by atoms with Crippen molar-refractivity contribution in [2.75, 3.05) is 19.8 Å². The van der Waals surface area contributed by atoms with Crippen LogP contribution < -0.4 is 5.73 Å². The normalized spacial score (nSPS) is 24.2. The lowest BCUT2D eigenvalue weighted by Crippen LogP contribution is -2.36. The van der Waals surface area contributed by atoms with Crippen molar-refractivity contribution >= 4 is 0 Å². The lowest BCUT2D eigenvalue weighted by molar-refractivity contribution is -0.0184. The van der Waals surface area contributed by atoms with Crippen LogP contribution in [0.5, 0.6) is 0 Å². The van der Waals surface area contributed by atoms with E-state index in [0.717, 1.165) is 25.0 Å². The number of benzene rings is 1. The molecule has 1 heterocycles. The van der Waals surface area contributed by atoms with Crippen molar-refractivity contribution in [3.05, 3.63) is 35.9 Å². The number of aliphatic hydroxyl groups is 1. The zero-order valence-electron chi connectivity index (χ0n) is 10.1. The molecule has 3 atom stereocenters. The van der Waals surface area contributed by atoms with Crippen molar-refractivity contribution in [2.45, 2.75) is 24.9 Å². The highest BCUT2D eigenvalue weighted by Crippen LogP contribution is 2.28. The highest BCUT2D eigenvalue weighted by atomic mass is 16.5. The molecule has 0 aromatic heterocycles. The molecule has 94 valence electrons. The summed E-state index contributed by atoms with van der Waals surface area (Å²) in [5.74, 6) is 0.236. The Morgan fingerprint density at radius 1 is 1.35 bits per heavy atom. The second kappa shape index (κ2) is 6.15. The third kappa shape index (κ3) is 3.06. The van der Waals surface area contributed by atoms with Crippen LogP contribution in [-0.2, 0) is 4.74 Å². The Kier molecular flexibility index (Phi) is 4.54. The van der Waals surface area contributed by atoms with Gasteiger partial charge >= 0.3 is 0 Å². The molecule has 0 radical (unpaired) electrons. The van der Waals surface area contributed by atoms with Crippen molar-refractivity contribution in [1.29, 1.82) is 0 Å². The molecule has 1 aromatic rings. The topological polar surface area (TPSA) is 55.5 Å². The van der Waals surface area contributed by atoms with Crippen LogP contribution in [0.3, 0.4) is 0 Å². The summed E-state index contributed by atoms with van der Waals surface area (Å²) in [4.78, 5) is 0. The fraction of sp³-hybridized carbons (Fsp3) is 0.571. The molecule has 0 amide bonds. The van der Waals surface area contributed by atoms with Crippen molar-refractivity contribution in [3.63, 3.8) is 0 Å². The van der Waals surface area contributed by atoms with Gasteiger partial charge in [-0.2, -0.15) is 0 Å². The molecule has 3 N–H and O–H groups in total. The van der Waals surface area contributed by atoms with Crippen molar-refractivity contribution < 1.29 is 9.84 Å². The first-order chi connectivity index (χ1) is 8.33. The number of rotatable bonds is 4. The molecule has 1 aliphatic heterocycles. The third-order valence-corrected chi connectivity index (χ3v) is 3.57. The highest BCUT2D eigenvalue weighted by Gasteiger charge is 2.29. The van der Waals surface area contributed by atoms with Gasteiger partial charge in [0.15, 0.2) is 0 Å². The van der Waals surface area contributed by atoms with Crippen LogP contribution in [-0.4, -0.2) is 31.0 Å². The van der Waals surface area contributed by atoms with Crippen LogP contribution >= 0.6 is 0 Å². The zero-order valence-corrected chi connectivity index (χ0v) is 10.1. The molecule has 0 saturated carbocycles. The smallest absolute Gasteiger partial charge is 0.0670 e. The van der Waals surface area contributed by atoms with Crippen LogP contribution in [0.4, 0.5) is 0 Å². The number of ether oxygens (including phenoxy) is 1. The molecule has 17 heavy (non-hydrogen) atoms. The Morgan fingerprint density at radius 3 is 2.71 bits per heavy atom. The van der Waals surface area contributed by atoms with Gasteiger partial charge in [0, 0.05) is 25.0 Å². The van der Waals surface area contributed by atoms with Crippen LogP contribution in [0.15, 0.2) is 30.3 Å². The molecule has 1 fully saturated rings. The predicted octanol–water partition coefficient (Wildman–Crippen LogP) is 1.52. The Labute approximate surface area is 103 Å². The van der Waals surface area contributed by atoms with E-state index in [1.54, 1.807) is 0 Å². The summed E-state index contributed by atoms with van der Waals surface area (Å²) in [6.07, 6.45) is 1.67. The van der Waals surface area contributed by atoms with E-state index in [0.29, 0.717) is 13.2 Å². The minimum absolute atomic E-state index is 0.0166. The first kappa shape index (κ1) is 12.6. The molecule has 3 unspecified atom stereocenters. The maximum atomic E-state index is 10.4. The van der Waals surface area contributed by atoms with Gasteiger partial charge in [-0.15, -0.1) is 0 Å². The van der Waals surface area contributed by atoms with E-state index in [1.807, 2.05) is 30.3 Å². The van der Waals surface area contributed by atoms with Crippen molar-refractivity contribution in [2.24, 2.45) is 11.7 Å². The van der Waals surface area contributed by atoms with E-state index in [-0.39, 0.29) is 11.8 Å². The van der Waals surface area contributed by atoms with Crippen LogP contribution in [0, 0.1) is 5.92 Å². The molecule has 0 aliphatic carbocycles. The van der Waals surface area contributed by atoms with Crippen LogP contribution in [0.2, 0.25) is 0 Å². The van der Waals surface area contributed by atoms with Gasteiger partial charge in [-0.05, 0) is 18.4 Å². The van der Waals surface area contributed by atoms with Crippen LogP contribution in [0.25, 0.3) is 0 Å². The molecule has 0 bridgehead atoms. The second-order valence-corrected chi connectivity index (χ2v) is 4.72. The van der Waals surface area contributed by atoms with Crippen molar-refractivity contribution in [3.8, 4) is 0 Å². The quantitative estimate of drug-likeness (QED) is 0.832. The van der Waals surface area contributed by atoms with Gasteiger partial charge in [-0.1, -0.05) is 30.3 Å². The molecular formula is C14H21NO2. The Bertz CT molecular complexity index is 322. The summed E-state index contributed by atoms with van der Waals surface area (Å²) >= 11 is 0. The first-order valence-electron chi connectivity index (χ1n) is 6.33. The van der Waals surface area contributed by atoms with E-state index in [4.69, 9.17) is 10.5 Å². The van der Waals surface area contributed by atoms with Gasteiger partial charge in [0.2, 0.25) is 0 Å². The summed E-state index contributed by atoms with van der Waals surface area (Å²) in [6, 6.07) is 10.0. The highest BCUT2D eigenvalue weighted by molar-refractivity contribution is 5.21. The monoisotopic (exact) mass is 235 g/mol. The zero-order chi connectivity index (χ0) is 12.1. The van der Waals surface area contributed by atoms with E-state index < -0.39 is 6.10 Å². The van der Waals surface area contributed by atoms with E-state index in [2.05, 4.69) is 0 Å². The number of hydrogen-bond donors (Lipinski definition) is 2. The Hall–Kier alpha value is -0.900. The Balaban J connectivity index is 2.07. The summed E-state index contributed by atoms with van der Waals surface area (Å²) in [5.41, 5.74) is 6.93. The van der Waals surface area contributed by atoms with Gasteiger partial charge in [-0.3, -0.25) is 0 Å². The lowest BCUT2D eigenvalue weighted by atomic mass is 9.83. The SMILES string of the molecule is NCC(c1ccccc1)C(O)C1CCCOC1. The minimum atomic E-state index is -0.400. The van der Waals surface area contributed by atoms with Gasteiger partial charge < -0.3 is 15.6 Å². The molecule has 1 aromatic carbocycles. The summed E-state index contributed by atoms with van der Waals surface area (Å²) in [7, 11) is 0.